The second-order valence-electron chi connectivity index (χ2n) is 18.1. The molecule has 0 spiro atoms. The fraction of sp³-hybridized carbons (Fsp3) is 0.167. The largest absolute Gasteiger partial charge is 0.244 e. The van der Waals surface area contributed by atoms with Gasteiger partial charge in [-0.3, -0.25) is 0 Å². The van der Waals surface area contributed by atoms with E-state index in [0.29, 0.717) is 0 Å². The standard InChI is InChI=1S/C48H32B2Br4/c1-47(2,3)35-17-27-31-15-23(53)13-29-25-11-22(52)8-10-38(25)50(45(29)31)40-20-34-36(48(4,5)6)18-28-32-16-24(54)14-30-26-12-21(51)7-9-37(26)49(46(30)32)39-19-33(35)43(41(27)40)44(34)42(28)39/h7-20H,1-6H3. The van der Waals surface area contributed by atoms with Gasteiger partial charge >= 0.3 is 0 Å². The predicted molar refractivity (Wildman–Crippen MR) is 249 cm³/mol. The van der Waals surface area contributed by atoms with Crippen molar-refractivity contribution in [3.63, 3.8) is 0 Å². The van der Waals surface area contributed by atoms with Crippen LogP contribution in [0.1, 0.15) is 52.7 Å². The summed E-state index contributed by atoms with van der Waals surface area (Å²) < 4.78 is 4.51. The molecule has 0 N–H and O–H groups in total. The monoisotopic (exact) mass is 946 g/mol. The number of fused-ring (bicyclic) bond motifs is 10. The van der Waals surface area contributed by atoms with E-state index in [4.69, 9.17) is 0 Å². The first kappa shape index (κ1) is 33.0. The Hall–Kier alpha value is -3.15. The molecule has 0 unspecified atom stereocenters. The molecule has 0 fully saturated rings. The summed E-state index contributed by atoms with van der Waals surface area (Å²) in [6.07, 6.45) is 0. The molecule has 6 heteroatoms. The average molecular weight is 950 g/mol. The third-order valence-electron chi connectivity index (χ3n) is 13.1. The zero-order valence-corrected chi connectivity index (χ0v) is 37.1. The zero-order valence-electron chi connectivity index (χ0n) is 30.7. The summed E-state index contributed by atoms with van der Waals surface area (Å²) in [4.78, 5) is 0. The number of hydrogen-bond donors (Lipinski definition) is 0. The molecule has 0 atom stereocenters. The molecule has 0 aromatic heterocycles. The molecule has 8 aromatic rings. The van der Waals surface area contributed by atoms with Gasteiger partial charge in [-0.1, -0.05) is 162 Å². The summed E-state index contributed by atoms with van der Waals surface area (Å²) in [6.45, 7) is 14.8. The van der Waals surface area contributed by atoms with Gasteiger partial charge in [-0.05, 0) is 159 Å². The maximum absolute atomic E-state index is 3.99. The van der Waals surface area contributed by atoms with Crippen molar-refractivity contribution < 1.29 is 0 Å². The molecule has 258 valence electrons. The molecule has 0 saturated heterocycles. The van der Waals surface area contributed by atoms with Crippen molar-refractivity contribution in [2.45, 2.75) is 52.4 Å². The third kappa shape index (κ3) is 4.02. The molecule has 0 radical (unpaired) electrons. The van der Waals surface area contributed by atoms with Crippen molar-refractivity contribution in [1.29, 1.82) is 0 Å². The minimum atomic E-state index is -0.0811. The van der Waals surface area contributed by atoms with Gasteiger partial charge in [-0.15, -0.1) is 0 Å². The highest BCUT2D eigenvalue weighted by atomic mass is 79.9. The highest BCUT2D eigenvalue weighted by molar-refractivity contribution is 9.11. The Morgan fingerprint density at radius 3 is 1.07 bits per heavy atom. The first-order valence-electron chi connectivity index (χ1n) is 18.8. The summed E-state index contributed by atoms with van der Waals surface area (Å²) in [5.41, 5.74) is 22.2. The van der Waals surface area contributed by atoms with Crippen LogP contribution in [0.2, 0.25) is 0 Å². The molecule has 0 nitrogen and oxygen atoms in total. The molecule has 12 rings (SSSR count). The Labute approximate surface area is 350 Å². The van der Waals surface area contributed by atoms with Gasteiger partial charge in [0.2, 0.25) is 13.4 Å². The van der Waals surface area contributed by atoms with E-state index in [0.717, 1.165) is 17.9 Å². The normalized spacial score (nSPS) is 14.4. The van der Waals surface area contributed by atoms with Gasteiger partial charge in [0, 0.05) is 17.9 Å². The minimum absolute atomic E-state index is 0.0811. The van der Waals surface area contributed by atoms with Crippen LogP contribution >= 0.6 is 63.7 Å². The summed E-state index contributed by atoms with van der Waals surface area (Å²) in [5, 5.41) is 8.58. The summed E-state index contributed by atoms with van der Waals surface area (Å²) >= 11 is 15.6. The number of hydrogen-bond acceptors (Lipinski definition) is 0. The van der Waals surface area contributed by atoms with E-state index >= 15 is 0 Å². The Morgan fingerprint density at radius 1 is 0.352 bits per heavy atom. The van der Waals surface area contributed by atoms with Crippen LogP contribution in [0.15, 0.2) is 103 Å². The number of benzene rings is 8. The molecule has 4 aliphatic rings. The van der Waals surface area contributed by atoms with Crippen LogP contribution in [0.4, 0.5) is 0 Å². The van der Waals surface area contributed by atoms with Gasteiger partial charge in [0.1, 0.15) is 0 Å². The second kappa shape index (κ2) is 10.4. The average Bonchev–Trinajstić information content (AvgIpc) is 3.60. The van der Waals surface area contributed by atoms with Gasteiger partial charge < -0.3 is 0 Å². The van der Waals surface area contributed by atoms with Crippen molar-refractivity contribution in [3.8, 4) is 44.5 Å². The Balaban J connectivity index is 1.35. The summed E-state index contributed by atoms with van der Waals surface area (Å²) in [7, 11) is 0. The van der Waals surface area contributed by atoms with Gasteiger partial charge in [-0.2, -0.15) is 0 Å². The molecule has 54 heavy (non-hydrogen) atoms. The molecular formula is C48H32B2Br4. The third-order valence-corrected chi connectivity index (χ3v) is 15.0. The van der Waals surface area contributed by atoms with Crippen LogP contribution < -0.4 is 32.8 Å². The molecule has 0 bridgehead atoms. The van der Waals surface area contributed by atoms with Crippen LogP contribution in [0.5, 0.6) is 0 Å². The van der Waals surface area contributed by atoms with Gasteiger partial charge in [-0.25, -0.2) is 0 Å². The Kier molecular flexibility index (Phi) is 6.37. The first-order chi connectivity index (χ1) is 25.7. The summed E-state index contributed by atoms with van der Waals surface area (Å²) in [6, 6.07) is 33.8. The van der Waals surface area contributed by atoms with E-state index in [1.807, 2.05) is 0 Å². The number of rotatable bonds is 0. The van der Waals surface area contributed by atoms with Crippen molar-refractivity contribution in [2.24, 2.45) is 0 Å². The zero-order chi connectivity index (χ0) is 37.1. The molecule has 4 aliphatic heterocycles. The molecule has 8 aromatic carbocycles. The van der Waals surface area contributed by atoms with Crippen LogP contribution in [-0.4, -0.2) is 13.4 Å². The fourth-order valence-electron chi connectivity index (χ4n) is 11.1. The van der Waals surface area contributed by atoms with E-state index in [9.17, 15) is 0 Å². The molecule has 0 amide bonds. The van der Waals surface area contributed by atoms with E-state index < -0.39 is 0 Å². The fourth-order valence-corrected chi connectivity index (χ4v) is 12.8. The SMILES string of the molecule is CC(C)(C)c1cc2c3c(cc4c(C(C)(C)C)cc5c6c(cc1c3c46)B1c3ccc(Br)cc3-c3cc(Br)cc-5c31)B1c3ccc(Br)cc3-c3cc(Br)cc-2c31. The molecule has 4 heterocycles. The lowest BCUT2D eigenvalue weighted by Gasteiger charge is -2.35. The van der Waals surface area contributed by atoms with Crippen molar-refractivity contribution >= 4 is 142 Å². The lowest BCUT2D eigenvalue weighted by Crippen LogP contribution is -2.53. The lowest BCUT2D eigenvalue weighted by molar-refractivity contribution is 0.595. The van der Waals surface area contributed by atoms with E-state index in [1.165, 1.54) is 121 Å². The molecule has 0 saturated carbocycles. The van der Waals surface area contributed by atoms with Crippen LogP contribution in [0, 0.1) is 0 Å². The van der Waals surface area contributed by atoms with Crippen molar-refractivity contribution in [1.82, 2.24) is 0 Å². The molecule has 0 aliphatic carbocycles. The van der Waals surface area contributed by atoms with Crippen LogP contribution in [0.3, 0.4) is 0 Å². The van der Waals surface area contributed by atoms with E-state index in [1.54, 1.807) is 0 Å². The summed E-state index contributed by atoms with van der Waals surface area (Å²) in [5.74, 6) is 0. The second-order valence-corrected chi connectivity index (χ2v) is 21.8. The lowest BCUT2D eigenvalue weighted by atomic mass is 9.34. The van der Waals surface area contributed by atoms with Crippen LogP contribution in [0.25, 0.3) is 76.8 Å². The van der Waals surface area contributed by atoms with Gasteiger partial charge in [0.15, 0.2) is 0 Å². The van der Waals surface area contributed by atoms with Crippen LogP contribution in [-0.2, 0) is 10.8 Å². The predicted octanol–water partition coefficient (Wildman–Crippen LogP) is 11.2. The van der Waals surface area contributed by atoms with E-state index in [-0.39, 0.29) is 24.3 Å². The van der Waals surface area contributed by atoms with Crippen molar-refractivity contribution in [2.75, 3.05) is 0 Å². The maximum Gasteiger partial charge on any atom is 0.244 e. The molecular weight excluding hydrogens is 918 g/mol. The minimum Gasteiger partial charge on any atom is -0.0652 e. The van der Waals surface area contributed by atoms with Gasteiger partial charge in [0.05, 0.1) is 0 Å². The Morgan fingerprint density at radius 2 is 0.704 bits per heavy atom. The van der Waals surface area contributed by atoms with Gasteiger partial charge in [0.25, 0.3) is 0 Å². The van der Waals surface area contributed by atoms with E-state index in [2.05, 4.69) is 190 Å². The highest BCUT2D eigenvalue weighted by Crippen LogP contribution is 2.51. The first-order valence-corrected chi connectivity index (χ1v) is 22.0. The topological polar surface area (TPSA) is 0 Å². The number of halogens is 4. The smallest absolute Gasteiger partial charge is 0.0652 e. The van der Waals surface area contributed by atoms with Crippen molar-refractivity contribution in [3.05, 3.63) is 114 Å². The quantitative estimate of drug-likeness (QED) is 0.105. The highest BCUT2D eigenvalue weighted by Gasteiger charge is 2.45. The Bertz CT molecular complexity index is 2910. The maximum atomic E-state index is 3.99.